The van der Waals surface area contributed by atoms with Crippen LogP contribution >= 0.6 is 0 Å². The number of carbonyl (C=O) groups excluding carboxylic acids is 1. The first-order chi connectivity index (χ1) is 10.7. The van der Waals surface area contributed by atoms with Crippen LogP contribution in [0.2, 0.25) is 0 Å². The molecule has 22 heavy (non-hydrogen) atoms. The Bertz CT molecular complexity index is 554. The third kappa shape index (κ3) is 2.77. The molecular weight excluding hydrogens is 280 g/mol. The number of fused-ring (bicyclic) bond motifs is 1. The highest BCUT2D eigenvalue weighted by molar-refractivity contribution is 5.93. The molecule has 0 spiro atoms. The molecule has 1 saturated carbocycles. The highest BCUT2D eigenvalue weighted by Gasteiger charge is 2.45. The van der Waals surface area contributed by atoms with E-state index in [4.69, 9.17) is 4.74 Å². The lowest BCUT2D eigenvalue weighted by Crippen LogP contribution is -2.47. The number of aromatic nitrogens is 2. The summed E-state index contributed by atoms with van der Waals surface area (Å²) in [7, 11) is 1.82. The van der Waals surface area contributed by atoms with Crippen LogP contribution in [0.5, 0.6) is 0 Å². The van der Waals surface area contributed by atoms with Crippen molar-refractivity contribution in [3.05, 3.63) is 18.0 Å². The highest BCUT2D eigenvalue weighted by atomic mass is 16.5. The van der Waals surface area contributed by atoms with Gasteiger partial charge in [0.15, 0.2) is 0 Å². The number of ether oxygens (including phenoxy) is 1. The maximum Gasteiger partial charge on any atom is 0.254 e. The lowest BCUT2D eigenvalue weighted by atomic mass is 10.0. The van der Waals surface area contributed by atoms with Crippen LogP contribution in [0.1, 0.15) is 36.0 Å². The fourth-order valence-electron chi connectivity index (χ4n) is 3.81. The van der Waals surface area contributed by atoms with E-state index in [1.165, 1.54) is 25.8 Å². The van der Waals surface area contributed by atoms with Gasteiger partial charge in [-0.25, -0.2) is 0 Å². The molecule has 3 aliphatic rings. The molecule has 0 unspecified atom stereocenters. The van der Waals surface area contributed by atoms with Crippen LogP contribution in [0, 0.1) is 5.92 Å². The predicted octanol–water partition coefficient (Wildman–Crippen LogP) is 0.792. The van der Waals surface area contributed by atoms with Gasteiger partial charge < -0.3 is 10.1 Å². The monoisotopic (exact) mass is 304 g/mol. The lowest BCUT2D eigenvalue weighted by molar-refractivity contribution is -0.0205. The Morgan fingerprint density at radius 2 is 2.32 bits per heavy atom. The van der Waals surface area contributed by atoms with Crippen LogP contribution in [0.15, 0.2) is 12.4 Å². The van der Waals surface area contributed by atoms with Crippen LogP contribution in [-0.4, -0.2) is 58.5 Å². The van der Waals surface area contributed by atoms with E-state index in [1.807, 2.05) is 7.05 Å². The highest BCUT2D eigenvalue weighted by Crippen LogP contribution is 2.35. The van der Waals surface area contributed by atoms with E-state index in [0.717, 1.165) is 25.5 Å². The second-order valence-electron chi connectivity index (χ2n) is 6.92. The third-order valence-electron chi connectivity index (χ3n) is 5.10. The van der Waals surface area contributed by atoms with Crippen molar-refractivity contribution in [2.75, 3.05) is 19.7 Å². The SMILES string of the molecule is Cn1cc(C(=O)N[C@H]2CN(CC3CC3)[C@@H]3CCCO[C@H]23)cn1. The zero-order valence-corrected chi connectivity index (χ0v) is 13.1. The number of nitrogens with zero attached hydrogens (tertiary/aromatic N) is 3. The first kappa shape index (κ1) is 14.2. The maximum atomic E-state index is 12.4. The van der Waals surface area contributed by atoms with E-state index in [1.54, 1.807) is 17.1 Å². The molecule has 6 heteroatoms. The van der Waals surface area contributed by atoms with E-state index >= 15 is 0 Å². The Balaban J connectivity index is 1.44. The average molecular weight is 304 g/mol. The van der Waals surface area contributed by atoms with Gasteiger partial charge in [0, 0.05) is 39.0 Å². The summed E-state index contributed by atoms with van der Waals surface area (Å²) in [5.41, 5.74) is 0.621. The third-order valence-corrected chi connectivity index (χ3v) is 5.10. The van der Waals surface area contributed by atoms with Gasteiger partial charge >= 0.3 is 0 Å². The molecule has 1 aromatic rings. The molecule has 1 aromatic heterocycles. The van der Waals surface area contributed by atoms with Crippen LogP contribution in [0.4, 0.5) is 0 Å². The second-order valence-corrected chi connectivity index (χ2v) is 6.92. The lowest BCUT2D eigenvalue weighted by Gasteiger charge is -2.32. The van der Waals surface area contributed by atoms with Gasteiger partial charge in [-0.05, 0) is 31.6 Å². The summed E-state index contributed by atoms with van der Waals surface area (Å²) in [6.07, 6.45) is 8.57. The molecule has 3 fully saturated rings. The first-order valence-electron chi connectivity index (χ1n) is 8.36. The van der Waals surface area contributed by atoms with Gasteiger partial charge in [0.25, 0.3) is 5.91 Å². The van der Waals surface area contributed by atoms with Crippen molar-refractivity contribution in [1.29, 1.82) is 0 Å². The molecule has 1 amide bonds. The summed E-state index contributed by atoms with van der Waals surface area (Å²) in [5.74, 6) is 0.828. The minimum absolute atomic E-state index is 0.0423. The minimum Gasteiger partial charge on any atom is -0.374 e. The van der Waals surface area contributed by atoms with Crippen molar-refractivity contribution < 1.29 is 9.53 Å². The Kier molecular flexibility index (Phi) is 3.66. The maximum absolute atomic E-state index is 12.4. The van der Waals surface area contributed by atoms with Gasteiger partial charge in [-0.1, -0.05) is 0 Å². The number of carbonyl (C=O) groups is 1. The van der Waals surface area contributed by atoms with Crippen molar-refractivity contribution in [3.63, 3.8) is 0 Å². The number of aryl methyl sites for hydroxylation is 1. The fourth-order valence-corrected chi connectivity index (χ4v) is 3.81. The van der Waals surface area contributed by atoms with E-state index in [9.17, 15) is 4.79 Å². The largest absolute Gasteiger partial charge is 0.374 e. The summed E-state index contributed by atoms with van der Waals surface area (Å²) in [5, 5.41) is 7.24. The van der Waals surface area contributed by atoms with Gasteiger partial charge in [0.05, 0.1) is 23.9 Å². The smallest absolute Gasteiger partial charge is 0.254 e. The van der Waals surface area contributed by atoms with Crippen molar-refractivity contribution in [3.8, 4) is 0 Å². The van der Waals surface area contributed by atoms with Crippen molar-refractivity contribution >= 4 is 5.91 Å². The summed E-state index contributed by atoms with van der Waals surface area (Å²) in [4.78, 5) is 14.9. The molecule has 6 nitrogen and oxygen atoms in total. The Morgan fingerprint density at radius 3 is 3.05 bits per heavy atom. The molecule has 3 atom stereocenters. The standard InChI is InChI=1S/C16H24N4O2/c1-19-9-12(7-17-19)16(21)18-13-10-20(8-11-4-5-11)14-3-2-6-22-15(13)14/h7,9,11,13-15H,2-6,8,10H2,1H3,(H,18,21)/t13-,14+,15+/m0/s1. The van der Waals surface area contributed by atoms with Crippen LogP contribution in [-0.2, 0) is 11.8 Å². The van der Waals surface area contributed by atoms with Gasteiger partial charge in [-0.15, -0.1) is 0 Å². The summed E-state index contributed by atoms with van der Waals surface area (Å²) in [6.45, 7) is 2.90. The molecule has 2 saturated heterocycles. The Labute approximate surface area is 130 Å². The molecule has 0 radical (unpaired) electrons. The average Bonchev–Trinajstić information content (AvgIpc) is 3.13. The van der Waals surface area contributed by atoms with E-state index in [-0.39, 0.29) is 18.1 Å². The number of hydrogen-bond acceptors (Lipinski definition) is 4. The number of likely N-dealkylation sites (tertiary alicyclic amines) is 1. The number of nitrogens with one attached hydrogen (secondary N) is 1. The van der Waals surface area contributed by atoms with Gasteiger partial charge in [-0.2, -0.15) is 5.10 Å². The Hall–Kier alpha value is -1.40. The van der Waals surface area contributed by atoms with Crippen molar-refractivity contribution in [1.82, 2.24) is 20.0 Å². The molecule has 3 heterocycles. The molecular formula is C16H24N4O2. The molecule has 1 aliphatic carbocycles. The minimum atomic E-state index is -0.0423. The zero-order valence-electron chi connectivity index (χ0n) is 13.1. The second kappa shape index (κ2) is 5.66. The first-order valence-corrected chi connectivity index (χ1v) is 8.36. The Morgan fingerprint density at radius 1 is 1.45 bits per heavy atom. The molecule has 120 valence electrons. The number of rotatable bonds is 4. The summed E-state index contributed by atoms with van der Waals surface area (Å²) < 4.78 is 7.67. The quantitative estimate of drug-likeness (QED) is 0.893. The summed E-state index contributed by atoms with van der Waals surface area (Å²) in [6, 6.07) is 0.574. The summed E-state index contributed by atoms with van der Waals surface area (Å²) >= 11 is 0. The number of amides is 1. The van der Waals surface area contributed by atoms with E-state index in [0.29, 0.717) is 11.6 Å². The van der Waals surface area contributed by atoms with E-state index in [2.05, 4.69) is 15.3 Å². The fraction of sp³-hybridized carbons (Fsp3) is 0.750. The van der Waals surface area contributed by atoms with Crippen molar-refractivity contribution in [2.45, 2.75) is 43.9 Å². The molecule has 2 aliphatic heterocycles. The van der Waals surface area contributed by atoms with Crippen LogP contribution < -0.4 is 5.32 Å². The molecule has 0 aromatic carbocycles. The van der Waals surface area contributed by atoms with Crippen LogP contribution in [0.3, 0.4) is 0 Å². The number of hydrogen-bond donors (Lipinski definition) is 1. The predicted molar refractivity (Wildman–Crippen MR) is 81.5 cm³/mol. The van der Waals surface area contributed by atoms with E-state index < -0.39 is 0 Å². The van der Waals surface area contributed by atoms with Crippen LogP contribution in [0.25, 0.3) is 0 Å². The van der Waals surface area contributed by atoms with Crippen molar-refractivity contribution in [2.24, 2.45) is 13.0 Å². The van der Waals surface area contributed by atoms with Gasteiger partial charge in [-0.3, -0.25) is 14.4 Å². The van der Waals surface area contributed by atoms with Gasteiger partial charge in [0.1, 0.15) is 0 Å². The topological polar surface area (TPSA) is 59.4 Å². The van der Waals surface area contributed by atoms with Gasteiger partial charge in [0.2, 0.25) is 0 Å². The zero-order chi connectivity index (χ0) is 15.1. The molecule has 0 bridgehead atoms. The molecule has 1 N–H and O–H groups in total. The molecule has 4 rings (SSSR count). The normalized spacial score (nSPS) is 32.0.